The average Bonchev–Trinajstić information content (AvgIpc) is 2.42. The molecule has 0 spiro atoms. The fourth-order valence-electron chi connectivity index (χ4n) is 1.90. The molecule has 0 fully saturated rings. The molecule has 1 unspecified atom stereocenters. The fourth-order valence-corrected chi connectivity index (χ4v) is 1.90. The Bertz CT molecular complexity index is 500. The molecule has 108 valence electrons. The highest BCUT2D eigenvalue weighted by Crippen LogP contribution is 2.27. The Morgan fingerprint density at radius 1 is 1.45 bits per heavy atom. The lowest BCUT2D eigenvalue weighted by Gasteiger charge is -2.18. The molecule has 0 bridgehead atoms. The molecular weight excluding hydrogens is 244 g/mol. The predicted molar refractivity (Wildman–Crippen MR) is 90.3 cm³/mol. The first kappa shape index (κ1) is 16.4. The van der Waals surface area contributed by atoms with Gasteiger partial charge in [0.15, 0.2) is 0 Å². The minimum atomic E-state index is -0.0852. The number of nitrogens with zero attached hydrogens (tertiary/aromatic N) is 2. The highest BCUT2D eigenvalue weighted by molar-refractivity contribution is 5.69. The van der Waals surface area contributed by atoms with Gasteiger partial charge in [-0.1, -0.05) is 50.6 Å². The zero-order chi connectivity index (χ0) is 15.2. The second-order valence-electron chi connectivity index (χ2n) is 5.91. The van der Waals surface area contributed by atoms with Crippen LogP contribution in [0.2, 0.25) is 0 Å². The van der Waals surface area contributed by atoms with Crippen LogP contribution in [-0.4, -0.2) is 12.9 Å². The summed E-state index contributed by atoms with van der Waals surface area (Å²) in [5.74, 6) is 0.397. The van der Waals surface area contributed by atoms with E-state index in [2.05, 4.69) is 68.7 Å². The average molecular weight is 270 g/mol. The van der Waals surface area contributed by atoms with Crippen LogP contribution in [0.5, 0.6) is 0 Å². The lowest BCUT2D eigenvalue weighted by Crippen LogP contribution is -2.10. The minimum absolute atomic E-state index is 0.0852. The SMILES string of the molecule is C=NC1=C(/N=C\C(C)(C)/C=C\C(C)=C/C)C=CCC1C. The van der Waals surface area contributed by atoms with Crippen molar-refractivity contribution in [2.24, 2.45) is 21.3 Å². The van der Waals surface area contributed by atoms with Gasteiger partial charge in [0.1, 0.15) is 0 Å². The molecule has 0 saturated heterocycles. The predicted octanol–water partition coefficient (Wildman–Crippen LogP) is 5.11. The molecule has 0 aromatic carbocycles. The zero-order valence-corrected chi connectivity index (χ0v) is 13.4. The van der Waals surface area contributed by atoms with E-state index in [1.165, 1.54) is 5.57 Å². The highest BCUT2D eigenvalue weighted by Gasteiger charge is 2.15. The molecule has 1 aliphatic carbocycles. The number of hydrogen-bond acceptors (Lipinski definition) is 2. The maximum Gasteiger partial charge on any atom is 0.0840 e. The van der Waals surface area contributed by atoms with Gasteiger partial charge in [-0.25, -0.2) is 0 Å². The molecule has 1 aliphatic rings. The van der Waals surface area contributed by atoms with Crippen molar-refractivity contribution in [2.45, 2.75) is 41.0 Å². The third-order valence-corrected chi connectivity index (χ3v) is 3.43. The fraction of sp³-hybridized carbons (Fsp3) is 0.444. The van der Waals surface area contributed by atoms with E-state index in [9.17, 15) is 0 Å². The molecule has 2 nitrogen and oxygen atoms in total. The second kappa shape index (κ2) is 7.18. The van der Waals surface area contributed by atoms with Gasteiger partial charge in [0, 0.05) is 17.5 Å². The molecule has 0 saturated carbocycles. The molecule has 2 heteroatoms. The first-order valence-electron chi connectivity index (χ1n) is 7.14. The van der Waals surface area contributed by atoms with E-state index in [0.717, 1.165) is 17.8 Å². The molecule has 0 heterocycles. The van der Waals surface area contributed by atoms with Crippen LogP contribution in [-0.2, 0) is 0 Å². The van der Waals surface area contributed by atoms with Crippen molar-refractivity contribution >= 4 is 12.9 Å². The van der Waals surface area contributed by atoms with Crippen LogP contribution >= 0.6 is 0 Å². The van der Waals surface area contributed by atoms with Crippen LogP contribution in [0, 0.1) is 11.3 Å². The highest BCUT2D eigenvalue weighted by atomic mass is 14.8. The summed E-state index contributed by atoms with van der Waals surface area (Å²) in [4.78, 5) is 8.76. The number of hydrogen-bond donors (Lipinski definition) is 0. The smallest absolute Gasteiger partial charge is 0.0840 e. The van der Waals surface area contributed by atoms with Gasteiger partial charge in [0.2, 0.25) is 0 Å². The summed E-state index contributed by atoms with van der Waals surface area (Å²) in [5, 5.41) is 0. The van der Waals surface area contributed by atoms with Gasteiger partial charge in [-0.3, -0.25) is 9.98 Å². The van der Waals surface area contributed by atoms with Crippen molar-refractivity contribution in [2.75, 3.05) is 0 Å². The third kappa shape index (κ3) is 4.76. The van der Waals surface area contributed by atoms with Crippen LogP contribution in [0.1, 0.15) is 41.0 Å². The maximum atomic E-state index is 4.62. The van der Waals surface area contributed by atoms with Gasteiger partial charge in [0.25, 0.3) is 0 Å². The van der Waals surface area contributed by atoms with Crippen LogP contribution in [0.4, 0.5) is 0 Å². The summed E-state index contributed by atoms with van der Waals surface area (Å²) >= 11 is 0. The van der Waals surface area contributed by atoms with Gasteiger partial charge in [-0.05, 0) is 33.1 Å². The van der Waals surface area contributed by atoms with Crippen LogP contribution in [0.3, 0.4) is 0 Å². The Kier molecular flexibility index (Phi) is 5.87. The van der Waals surface area contributed by atoms with E-state index in [1.807, 2.05) is 19.2 Å². The minimum Gasteiger partial charge on any atom is -0.267 e. The molecule has 0 aromatic heterocycles. The molecular formula is C18H26N2. The number of aliphatic imine (C=N–C) groups is 2. The number of allylic oxidation sites excluding steroid dienone is 7. The molecule has 0 aromatic rings. The van der Waals surface area contributed by atoms with Crippen LogP contribution in [0.25, 0.3) is 0 Å². The summed E-state index contributed by atoms with van der Waals surface area (Å²) in [5.41, 5.74) is 3.10. The monoisotopic (exact) mass is 270 g/mol. The molecule has 1 atom stereocenters. The van der Waals surface area contributed by atoms with Gasteiger partial charge < -0.3 is 0 Å². The van der Waals surface area contributed by atoms with Crippen molar-refractivity contribution in [3.8, 4) is 0 Å². The summed E-state index contributed by atoms with van der Waals surface area (Å²) in [7, 11) is 0. The molecule has 1 rings (SSSR count). The lowest BCUT2D eigenvalue weighted by molar-refractivity contribution is 0.665. The van der Waals surface area contributed by atoms with E-state index in [-0.39, 0.29) is 5.41 Å². The summed E-state index contributed by atoms with van der Waals surface area (Å²) in [6.07, 6.45) is 13.6. The Morgan fingerprint density at radius 2 is 2.15 bits per heavy atom. The number of rotatable bonds is 5. The Balaban J connectivity index is 2.93. The van der Waals surface area contributed by atoms with Crippen molar-refractivity contribution in [1.29, 1.82) is 0 Å². The van der Waals surface area contributed by atoms with E-state index in [4.69, 9.17) is 0 Å². The first-order chi connectivity index (χ1) is 9.39. The molecule has 0 N–H and O–H groups in total. The largest absolute Gasteiger partial charge is 0.267 e. The Labute approximate surface area is 123 Å². The lowest BCUT2D eigenvalue weighted by atomic mass is 9.93. The van der Waals surface area contributed by atoms with E-state index in [1.54, 1.807) is 0 Å². The standard InChI is InChI=1S/C18H26N2/c1-7-14(2)11-12-18(4,5)13-20-16-10-8-9-15(3)17(16)19-6/h7-8,10-13,15H,6,9H2,1-5H3/b12-11-,14-7-,20-13-. The summed E-state index contributed by atoms with van der Waals surface area (Å²) in [6.45, 7) is 14.3. The van der Waals surface area contributed by atoms with E-state index < -0.39 is 0 Å². The topological polar surface area (TPSA) is 24.7 Å². The summed E-state index contributed by atoms with van der Waals surface area (Å²) < 4.78 is 0. The van der Waals surface area contributed by atoms with Crippen LogP contribution < -0.4 is 0 Å². The molecule has 0 aliphatic heterocycles. The summed E-state index contributed by atoms with van der Waals surface area (Å²) in [6, 6.07) is 0. The van der Waals surface area contributed by atoms with E-state index in [0.29, 0.717) is 5.92 Å². The Morgan fingerprint density at radius 3 is 2.75 bits per heavy atom. The first-order valence-corrected chi connectivity index (χ1v) is 7.14. The van der Waals surface area contributed by atoms with Gasteiger partial charge in [-0.2, -0.15) is 0 Å². The molecule has 0 radical (unpaired) electrons. The third-order valence-electron chi connectivity index (χ3n) is 3.43. The van der Waals surface area contributed by atoms with E-state index >= 15 is 0 Å². The van der Waals surface area contributed by atoms with Crippen molar-refractivity contribution < 1.29 is 0 Å². The maximum absolute atomic E-state index is 4.62. The molecule has 20 heavy (non-hydrogen) atoms. The van der Waals surface area contributed by atoms with Crippen molar-refractivity contribution in [3.63, 3.8) is 0 Å². The normalized spacial score (nSPS) is 21.2. The second-order valence-corrected chi connectivity index (χ2v) is 5.91. The zero-order valence-electron chi connectivity index (χ0n) is 13.4. The van der Waals surface area contributed by atoms with Gasteiger partial charge in [0.05, 0.1) is 11.4 Å². The van der Waals surface area contributed by atoms with Crippen molar-refractivity contribution in [3.05, 3.63) is 47.3 Å². The molecule has 0 amide bonds. The van der Waals surface area contributed by atoms with Gasteiger partial charge in [-0.15, -0.1) is 0 Å². The quantitative estimate of drug-likeness (QED) is 0.489. The van der Waals surface area contributed by atoms with Crippen molar-refractivity contribution in [1.82, 2.24) is 0 Å². The Hall–Kier alpha value is -1.70. The van der Waals surface area contributed by atoms with Crippen LogP contribution in [0.15, 0.2) is 57.3 Å². The van der Waals surface area contributed by atoms with Gasteiger partial charge >= 0.3 is 0 Å².